The predicted molar refractivity (Wildman–Crippen MR) is 117 cm³/mol. The molecule has 158 valence electrons. The molecule has 0 aliphatic heterocycles. The molecule has 0 spiro atoms. The Labute approximate surface area is 174 Å². The first-order chi connectivity index (χ1) is 13.8. The Balaban J connectivity index is 2.31. The van der Waals surface area contributed by atoms with Crippen LogP contribution >= 0.6 is 7.60 Å². The molecule has 5 nitrogen and oxygen atoms in total. The van der Waals surface area contributed by atoms with Gasteiger partial charge in [-0.25, -0.2) is 0 Å². The van der Waals surface area contributed by atoms with Crippen LogP contribution in [0.1, 0.15) is 38.3 Å². The van der Waals surface area contributed by atoms with Crippen LogP contribution in [0.5, 0.6) is 0 Å². The van der Waals surface area contributed by atoms with Gasteiger partial charge in [-0.05, 0) is 30.4 Å². The number of hydrogen-bond donors (Lipinski definition) is 1. The van der Waals surface area contributed by atoms with Gasteiger partial charge in [0.05, 0.1) is 12.6 Å². The number of benzene rings is 2. The quantitative estimate of drug-likeness (QED) is 0.498. The third-order valence-corrected chi connectivity index (χ3v) is 6.02. The van der Waals surface area contributed by atoms with E-state index in [1.807, 2.05) is 60.7 Å². The van der Waals surface area contributed by atoms with Gasteiger partial charge in [-0.1, -0.05) is 74.5 Å². The number of rotatable bonds is 12. The molecule has 0 saturated carbocycles. The van der Waals surface area contributed by atoms with Crippen molar-refractivity contribution in [3.8, 4) is 0 Å². The number of carbonyl (C=O) groups excluding carboxylic acids is 1. The second kappa shape index (κ2) is 11.4. The third kappa shape index (κ3) is 8.23. The van der Waals surface area contributed by atoms with Crippen LogP contribution in [0.15, 0.2) is 60.7 Å². The van der Waals surface area contributed by atoms with Crippen LogP contribution in [0.25, 0.3) is 0 Å². The van der Waals surface area contributed by atoms with Gasteiger partial charge in [-0.2, -0.15) is 0 Å². The van der Waals surface area contributed by atoms with Crippen LogP contribution < -0.4 is 0 Å². The molecular formula is C23H32NO4P. The van der Waals surface area contributed by atoms with Gasteiger partial charge >= 0.3 is 7.60 Å². The van der Waals surface area contributed by atoms with Crippen LogP contribution in [0.3, 0.4) is 0 Å². The normalized spacial score (nSPS) is 14.7. The Bertz CT molecular complexity index is 754. The Hall–Kier alpha value is -1.78. The fraction of sp³-hybridized carbons (Fsp3) is 0.435. The van der Waals surface area contributed by atoms with E-state index >= 15 is 0 Å². The molecule has 2 aromatic rings. The lowest BCUT2D eigenvalue weighted by Crippen LogP contribution is -2.42. The van der Waals surface area contributed by atoms with Crippen LogP contribution in [0.2, 0.25) is 0 Å². The van der Waals surface area contributed by atoms with Gasteiger partial charge in [-0.15, -0.1) is 0 Å². The molecule has 2 unspecified atom stereocenters. The van der Waals surface area contributed by atoms with E-state index in [0.29, 0.717) is 19.5 Å². The third-order valence-electron chi connectivity index (χ3n) is 4.65. The van der Waals surface area contributed by atoms with E-state index in [0.717, 1.165) is 11.1 Å². The van der Waals surface area contributed by atoms with Crippen molar-refractivity contribution < 1.29 is 18.8 Å². The summed E-state index contributed by atoms with van der Waals surface area (Å²) in [5.74, 6) is 0.0213. The minimum Gasteiger partial charge on any atom is -0.324 e. The van der Waals surface area contributed by atoms with E-state index in [-0.39, 0.29) is 18.3 Å². The molecule has 2 atom stereocenters. The monoisotopic (exact) mass is 417 g/mol. The lowest BCUT2D eigenvalue weighted by molar-refractivity contribution is -0.123. The summed E-state index contributed by atoms with van der Waals surface area (Å²) >= 11 is 0. The maximum Gasteiger partial charge on any atom is 0.335 e. The van der Waals surface area contributed by atoms with Crippen LogP contribution in [-0.4, -0.2) is 34.4 Å². The molecule has 0 saturated heterocycles. The van der Waals surface area contributed by atoms with Gasteiger partial charge in [0, 0.05) is 13.1 Å². The summed E-state index contributed by atoms with van der Waals surface area (Å²) in [4.78, 5) is 25.3. The minimum atomic E-state index is -3.93. The molecule has 0 heterocycles. The molecule has 0 aromatic heterocycles. The smallest absolute Gasteiger partial charge is 0.324 e. The summed E-state index contributed by atoms with van der Waals surface area (Å²) < 4.78 is 17.2. The van der Waals surface area contributed by atoms with E-state index in [1.165, 1.54) is 0 Å². The van der Waals surface area contributed by atoms with E-state index in [1.54, 1.807) is 6.92 Å². The predicted octanol–water partition coefficient (Wildman–Crippen LogP) is 4.89. The summed E-state index contributed by atoms with van der Waals surface area (Å²) in [5, 5.41) is 0. The van der Waals surface area contributed by atoms with E-state index < -0.39 is 19.8 Å². The van der Waals surface area contributed by atoms with Gasteiger partial charge < -0.3 is 9.42 Å². The maximum atomic E-state index is 13.1. The summed E-state index contributed by atoms with van der Waals surface area (Å²) in [6.07, 6.45) is 0.156. The number of Topliss-reactive ketones (excluding diaryl/α,β-unsaturated/α-hetero) is 1. The standard InChI is InChI=1S/C23H32NO4P/c1-4-28-29(26,27)18-23(25)22(15-19(2)3)24(16-20-11-7-5-8-12-20)17-21-13-9-6-10-14-21/h5-14,19,22H,4,15-18H2,1-3H3,(H,26,27). The van der Waals surface area contributed by atoms with Crippen LogP contribution in [-0.2, 0) is 27.0 Å². The number of hydrogen-bond acceptors (Lipinski definition) is 4. The first kappa shape index (κ1) is 23.5. The fourth-order valence-corrected chi connectivity index (χ4v) is 4.49. The van der Waals surface area contributed by atoms with Crippen molar-refractivity contribution in [2.24, 2.45) is 5.92 Å². The van der Waals surface area contributed by atoms with E-state index in [2.05, 4.69) is 18.7 Å². The number of carbonyl (C=O) groups is 1. The van der Waals surface area contributed by atoms with Gasteiger partial charge in [-0.3, -0.25) is 14.3 Å². The summed E-state index contributed by atoms with van der Waals surface area (Å²) in [6.45, 7) is 7.05. The van der Waals surface area contributed by atoms with Crippen molar-refractivity contribution in [1.29, 1.82) is 0 Å². The zero-order chi connectivity index (χ0) is 21.3. The first-order valence-corrected chi connectivity index (χ1v) is 11.9. The molecule has 0 amide bonds. The molecule has 0 aliphatic carbocycles. The molecule has 0 aliphatic rings. The van der Waals surface area contributed by atoms with Crippen LogP contribution in [0, 0.1) is 5.92 Å². The molecule has 6 heteroatoms. The van der Waals surface area contributed by atoms with Crippen molar-refractivity contribution in [1.82, 2.24) is 4.90 Å². The van der Waals surface area contributed by atoms with Crippen molar-refractivity contribution in [3.05, 3.63) is 71.8 Å². The molecule has 29 heavy (non-hydrogen) atoms. The van der Waals surface area contributed by atoms with Crippen LogP contribution in [0.4, 0.5) is 0 Å². The molecule has 2 aromatic carbocycles. The number of ketones is 1. The zero-order valence-electron chi connectivity index (χ0n) is 17.5. The number of nitrogens with zero attached hydrogens (tertiary/aromatic N) is 1. The highest BCUT2D eigenvalue weighted by Crippen LogP contribution is 2.42. The Morgan fingerprint density at radius 2 is 1.48 bits per heavy atom. The Morgan fingerprint density at radius 3 is 1.90 bits per heavy atom. The van der Waals surface area contributed by atoms with E-state index in [4.69, 9.17) is 4.52 Å². The zero-order valence-corrected chi connectivity index (χ0v) is 18.4. The summed E-state index contributed by atoms with van der Waals surface area (Å²) in [5.41, 5.74) is 2.20. The summed E-state index contributed by atoms with van der Waals surface area (Å²) in [6, 6.07) is 19.5. The molecule has 1 N–H and O–H groups in total. The molecule has 0 bridgehead atoms. The average Bonchev–Trinajstić information content (AvgIpc) is 2.66. The first-order valence-electron chi connectivity index (χ1n) is 10.1. The topological polar surface area (TPSA) is 66.8 Å². The lowest BCUT2D eigenvalue weighted by Gasteiger charge is -2.32. The molecule has 2 rings (SSSR count). The van der Waals surface area contributed by atoms with Gasteiger partial charge in [0.2, 0.25) is 0 Å². The molecular weight excluding hydrogens is 385 g/mol. The largest absolute Gasteiger partial charge is 0.335 e. The van der Waals surface area contributed by atoms with Crippen molar-refractivity contribution in [3.63, 3.8) is 0 Å². The molecule has 0 radical (unpaired) electrons. The fourth-order valence-electron chi connectivity index (χ4n) is 3.39. The second-order valence-electron chi connectivity index (χ2n) is 7.70. The highest BCUT2D eigenvalue weighted by Gasteiger charge is 2.32. The highest BCUT2D eigenvalue weighted by molar-refractivity contribution is 7.53. The van der Waals surface area contributed by atoms with Gasteiger partial charge in [0.1, 0.15) is 6.16 Å². The average molecular weight is 417 g/mol. The van der Waals surface area contributed by atoms with Crippen molar-refractivity contribution in [2.75, 3.05) is 12.8 Å². The van der Waals surface area contributed by atoms with Gasteiger partial charge in [0.25, 0.3) is 0 Å². The SMILES string of the molecule is CCOP(=O)(O)CC(=O)C(CC(C)C)N(Cc1ccccc1)Cc1ccccc1. The van der Waals surface area contributed by atoms with E-state index in [9.17, 15) is 14.3 Å². The summed E-state index contributed by atoms with van der Waals surface area (Å²) in [7, 11) is -3.93. The molecule has 0 fully saturated rings. The maximum absolute atomic E-state index is 13.1. The Kier molecular flexibility index (Phi) is 9.25. The van der Waals surface area contributed by atoms with Crippen molar-refractivity contribution >= 4 is 13.4 Å². The van der Waals surface area contributed by atoms with Crippen molar-refractivity contribution in [2.45, 2.75) is 46.3 Å². The Morgan fingerprint density at radius 1 is 1.00 bits per heavy atom. The van der Waals surface area contributed by atoms with Gasteiger partial charge in [0.15, 0.2) is 5.78 Å². The second-order valence-corrected chi connectivity index (χ2v) is 9.55. The highest BCUT2D eigenvalue weighted by atomic mass is 31.2. The minimum absolute atomic E-state index is 0.105. The lowest BCUT2D eigenvalue weighted by atomic mass is 9.98.